The molecule has 3 aromatic rings. The van der Waals surface area contributed by atoms with E-state index in [1.54, 1.807) is 18.3 Å². The number of ether oxygens (including phenoxy) is 3. The lowest BCUT2D eigenvalue weighted by Gasteiger charge is -2.32. The standard InChI is InChI=1S/C33H45BClN3O7/c1-20(2)17-42-19-27(31(40)43-18-21(3)4)36-15-22-13-26(35)23(14-29(22)41-9)30(39)38-28-12-10-11-25(24(28)16-37-38)34-44-32(5,6)33(7,8)45-34/h10-14,16,20-21,27,36H,15,17-19H2,1-9H3/t27-/m0/s1. The van der Waals surface area contributed by atoms with Gasteiger partial charge in [0.05, 0.1) is 53.8 Å². The molecular weight excluding hydrogens is 597 g/mol. The van der Waals surface area contributed by atoms with E-state index in [1.165, 1.54) is 11.8 Å². The summed E-state index contributed by atoms with van der Waals surface area (Å²) >= 11 is 6.70. The molecule has 0 spiro atoms. The Hall–Kier alpha value is -2.96. The van der Waals surface area contributed by atoms with Crippen LogP contribution in [0.5, 0.6) is 5.75 Å². The number of nitrogens with one attached hydrogen (secondary N) is 1. The number of aromatic nitrogens is 2. The second-order valence-electron chi connectivity index (χ2n) is 13.3. The molecule has 1 aliphatic rings. The van der Waals surface area contributed by atoms with Crippen molar-refractivity contribution in [1.82, 2.24) is 15.1 Å². The molecule has 2 aromatic carbocycles. The molecule has 244 valence electrons. The molecule has 1 fully saturated rings. The summed E-state index contributed by atoms with van der Waals surface area (Å²) in [5.41, 5.74) is 1.24. The van der Waals surface area contributed by atoms with Gasteiger partial charge in [-0.05, 0) is 63.2 Å². The van der Waals surface area contributed by atoms with Crippen molar-refractivity contribution in [3.05, 3.63) is 52.7 Å². The van der Waals surface area contributed by atoms with Crippen LogP contribution in [0.2, 0.25) is 5.02 Å². The molecule has 0 saturated carbocycles. The summed E-state index contributed by atoms with van der Waals surface area (Å²) in [5, 5.41) is 8.60. The van der Waals surface area contributed by atoms with E-state index < -0.39 is 36.2 Å². The van der Waals surface area contributed by atoms with Crippen molar-refractivity contribution in [1.29, 1.82) is 0 Å². The van der Waals surface area contributed by atoms with Crippen molar-refractivity contribution in [2.45, 2.75) is 79.2 Å². The van der Waals surface area contributed by atoms with Crippen LogP contribution in [0.15, 0.2) is 36.5 Å². The SMILES string of the molecule is COc1cc(C(=O)n2ncc3c(B4OC(C)(C)C(C)(C)O4)cccc32)c(Cl)cc1CN[C@@H](COCC(C)C)C(=O)OCC(C)C. The molecule has 0 amide bonds. The van der Waals surface area contributed by atoms with Gasteiger partial charge in [-0.3, -0.25) is 14.9 Å². The molecule has 4 rings (SSSR count). The fourth-order valence-corrected chi connectivity index (χ4v) is 5.09. The van der Waals surface area contributed by atoms with Gasteiger partial charge in [0.25, 0.3) is 5.91 Å². The van der Waals surface area contributed by atoms with Gasteiger partial charge in [-0.15, -0.1) is 0 Å². The molecule has 1 aliphatic heterocycles. The van der Waals surface area contributed by atoms with Crippen molar-refractivity contribution < 1.29 is 33.1 Å². The van der Waals surface area contributed by atoms with Gasteiger partial charge >= 0.3 is 13.1 Å². The van der Waals surface area contributed by atoms with Crippen LogP contribution < -0.4 is 15.5 Å². The zero-order chi connectivity index (χ0) is 33.1. The minimum Gasteiger partial charge on any atom is -0.496 e. The predicted molar refractivity (Wildman–Crippen MR) is 175 cm³/mol. The van der Waals surface area contributed by atoms with Gasteiger partial charge in [-0.25, -0.2) is 0 Å². The summed E-state index contributed by atoms with van der Waals surface area (Å²) in [6.45, 7) is 17.2. The van der Waals surface area contributed by atoms with E-state index >= 15 is 0 Å². The lowest BCUT2D eigenvalue weighted by Crippen LogP contribution is -2.42. The van der Waals surface area contributed by atoms with E-state index in [4.69, 9.17) is 35.1 Å². The van der Waals surface area contributed by atoms with Crippen LogP contribution in [0, 0.1) is 11.8 Å². The first-order chi connectivity index (χ1) is 21.1. The molecule has 1 saturated heterocycles. The van der Waals surface area contributed by atoms with Crippen LogP contribution in [0.3, 0.4) is 0 Å². The fourth-order valence-electron chi connectivity index (χ4n) is 4.83. The van der Waals surface area contributed by atoms with E-state index in [2.05, 4.69) is 10.4 Å². The van der Waals surface area contributed by atoms with Gasteiger partial charge in [0, 0.05) is 24.1 Å². The van der Waals surface area contributed by atoms with Gasteiger partial charge in [0.2, 0.25) is 0 Å². The monoisotopic (exact) mass is 641 g/mol. The smallest absolute Gasteiger partial charge is 0.495 e. The highest BCUT2D eigenvalue weighted by Crippen LogP contribution is 2.37. The van der Waals surface area contributed by atoms with Gasteiger partial charge in [-0.2, -0.15) is 9.78 Å². The number of esters is 1. The number of methoxy groups -OCH3 is 1. The van der Waals surface area contributed by atoms with Crippen molar-refractivity contribution in [3.63, 3.8) is 0 Å². The summed E-state index contributed by atoms with van der Waals surface area (Å²) in [7, 11) is 0.908. The number of hydrogen-bond donors (Lipinski definition) is 1. The Bertz CT molecular complexity index is 1510. The van der Waals surface area contributed by atoms with E-state index in [0.717, 1.165) is 10.8 Å². The topological polar surface area (TPSA) is 110 Å². The summed E-state index contributed by atoms with van der Waals surface area (Å²) in [6.07, 6.45) is 1.64. The van der Waals surface area contributed by atoms with E-state index in [0.29, 0.717) is 36.0 Å². The third kappa shape index (κ3) is 7.89. The first kappa shape index (κ1) is 34.9. The highest BCUT2D eigenvalue weighted by molar-refractivity contribution is 6.65. The largest absolute Gasteiger partial charge is 0.496 e. The Labute approximate surface area is 271 Å². The zero-order valence-electron chi connectivity index (χ0n) is 27.7. The van der Waals surface area contributed by atoms with Crippen LogP contribution >= 0.6 is 11.6 Å². The third-order valence-corrected chi connectivity index (χ3v) is 8.38. The first-order valence-electron chi connectivity index (χ1n) is 15.4. The Balaban J connectivity index is 1.56. The van der Waals surface area contributed by atoms with E-state index in [1.807, 2.05) is 73.6 Å². The fraction of sp³-hybridized carbons (Fsp3) is 0.545. The number of carbonyl (C=O) groups excluding carboxylic acids is 2. The second kappa shape index (κ2) is 14.2. The molecule has 1 N–H and O–H groups in total. The maximum atomic E-state index is 13.8. The van der Waals surface area contributed by atoms with E-state index in [-0.39, 0.29) is 29.7 Å². The highest BCUT2D eigenvalue weighted by Gasteiger charge is 2.52. The molecule has 1 aromatic heterocycles. The molecule has 1 atom stereocenters. The minimum atomic E-state index is -0.694. The number of carbonyl (C=O) groups is 2. The lowest BCUT2D eigenvalue weighted by molar-refractivity contribution is -0.149. The van der Waals surface area contributed by atoms with Crippen molar-refractivity contribution >= 4 is 47.0 Å². The number of rotatable bonds is 13. The number of fused-ring (bicyclic) bond motifs is 1. The van der Waals surface area contributed by atoms with Crippen molar-refractivity contribution in [2.75, 3.05) is 26.9 Å². The average Bonchev–Trinajstić information content (AvgIpc) is 3.49. The molecule has 12 heteroatoms. The maximum Gasteiger partial charge on any atom is 0.495 e. The van der Waals surface area contributed by atoms with Crippen LogP contribution in [-0.4, -0.2) is 72.9 Å². The molecule has 0 radical (unpaired) electrons. The van der Waals surface area contributed by atoms with Gasteiger partial charge < -0.3 is 23.5 Å². The van der Waals surface area contributed by atoms with Gasteiger partial charge in [0.1, 0.15) is 11.8 Å². The second-order valence-corrected chi connectivity index (χ2v) is 13.7. The molecule has 2 heterocycles. The molecule has 10 nitrogen and oxygen atoms in total. The van der Waals surface area contributed by atoms with Gasteiger partial charge in [0.15, 0.2) is 0 Å². The minimum absolute atomic E-state index is 0.155. The molecule has 0 unspecified atom stereocenters. The van der Waals surface area contributed by atoms with Crippen molar-refractivity contribution in [3.8, 4) is 5.75 Å². The van der Waals surface area contributed by atoms with Crippen LogP contribution in [0.4, 0.5) is 0 Å². The molecular formula is C33H45BClN3O7. The van der Waals surface area contributed by atoms with E-state index in [9.17, 15) is 9.59 Å². The molecule has 45 heavy (non-hydrogen) atoms. The third-order valence-electron chi connectivity index (χ3n) is 8.07. The van der Waals surface area contributed by atoms with Crippen LogP contribution in [0.25, 0.3) is 10.9 Å². The normalized spacial score (nSPS) is 16.5. The Morgan fingerprint density at radius 2 is 1.69 bits per heavy atom. The zero-order valence-corrected chi connectivity index (χ0v) is 28.5. The van der Waals surface area contributed by atoms with Gasteiger partial charge in [-0.1, -0.05) is 51.4 Å². The molecule has 0 aliphatic carbocycles. The Morgan fingerprint density at radius 3 is 2.31 bits per heavy atom. The average molecular weight is 642 g/mol. The quantitative estimate of drug-likeness (QED) is 0.203. The predicted octanol–water partition coefficient (Wildman–Crippen LogP) is 5.02. The van der Waals surface area contributed by atoms with Crippen LogP contribution in [-0.2, 0) is 30.1 Å². The maximum absolute atomic E-state index is 13.8. The van der Waals surface area contributed by atoms with Crippen LogP contribution in [0.1, 0.15) is 71.3 Å². The Morgan fingerprint density at radius 1 is 1.02 bits per heavy atom. The Kier molecular flexibility index (Phi) is 11.0. The highest BCUT2D eigenvalue weighted by atomic mass is 35.5. The summed E-state index contributed by atoms with van der Waals surface area (Å²) < 4.78 is 30.7. The summed E-state index contributed by atoms with van der Waals surface area (Å²) in [4.78, 5) is 26.6. The number of halogens is 1. The number of benzene rings is 2. The summed E-state index contributed by atoms with van der Waals surface area (Å²) in [5.74, 6) is 0.147. The first-order valence-corrected chi connectivity index (χ1v) is 15.7. The molecule has 0 bridgehead atoms. The van der Waals surface area contributed by atoms with Crippen molar-refractivity contribution in [2.24, 2.45) is 11.8 Å². The number of nitrogens with zero attached hydrogens (tertiary/aromatic N) is 2. The summed E-state index contributed by atoms with van der Waals surface area (Å²) in [6, 6.07) is 8.14. The number of hydrogen-bond acceptors (Lipinski definition) is 9. The lowest BCUT2D eigenvalue weighted by atomic mass is 9.77.